The van der Waals surface area contributed by atoms with Crippen molar-refractivity contribution in [1.29, 1.82) is 0 Å². The van der Waals surface area contributed by atoms with Crippen LogP contribution in [0.25, 0.3) is 0 Å². The third kappa shape index (κ3) is 3.90. The predicted molar refractivity (Wildman–Crippen MR) is 99.0 cm³/mol. The first kappa shape index (κ1) is 17.8. The van der Waals surface area contributed by atoms with Crippen molar-refractivity contribution < 1.29 is 28.5 Å². The van der Waals surface area contributed by atoms with E-state index in [9.17, 15) is 9.59 Å². The second kappa shape index (κ2) is 7.59. The van der Waals surface area contributed by atoms with Gasteiger partial charge in [0.25, 0.3) is 5.91 Å². The molecular weight excluding hydrogens is 364 g/mol. The molecule has 8 heteroatoms. The highest BCUT2D eigenvalue weighted by Crippen LogP contribution is 2.34. The number of methoxy groups -OCH3 is 1. The third-order valence-corrected chi connectivity index (χ3v) is 4.32. The minimum atomic E-state index is -0.378. The number of carbonyl (C=O) groups is 2. The molecule has 1 N–H and O–H groups in total. The summed E-state index contributed by atoms with van der Waals surface area (Å²) in [7, 11) is 1.49. The highest BCUT2D eigenvalue weighted by Gasteiger charge is 2.32. The predicted octanol–water partition coefficient (Wildman–Crippen LogP) is 2.50. The van der Waals surface area contributed by atoms with E-state index in [0.29, 0.717) is 34.1 Å². The van der Waals surface area contributed by atoms with Gasteiger partial charge in [-0.15, -0.1) is 0 Å². The van der Waals surface area contributed by atoms with Crippen LogP contribution in [0, 0.1) is 5.92 Å². The second-order valence-corrected chi connectivity index (χ2v) is 6.37. The Kier molecular flexibility index (Phi) is 4.84. The fraction of sp³-hybridized carbons (Fsp3) is 0.250. The van der Waals surface area contributed by atoms with Crippen LogP contribution in [0.4, 0.5) is 0 Å². The van der Waals surface area contributed by atoms with Gasteiger partial charge >= 0.3 is 5.97 Å². The van der Waals surface area contributed by atoms with Crippen molar-refractivity contribution in [2.45, 2.75) is 12.8 Å². The van der Waals surface area contributed by atoms with Gasteiger partial charge in [-0.1, -0.05) is 0 Å². The molecule has 2 aromatic rings. The Balaban J connectivity index is 1.39. The van der Waals surface area contributed by atoms with Crippen molar-refractivity contribution in [3.63, 3.8) is 0 Å². The lowest BCUT2D eigenvalue weighted by molar-refractivity contribution is -0.135. The summed E-state index contributed by atoms with van der Waals surface area (Å²) in [4.78, 5) is 24.0. The number of hydrogen-bond donors (Lipinski definition) is 1. The molecule has 1 aliphatic heterocycles. The van der Waals surface area contributed by atoms with Gasteiger partial charge in [-0.05, 0) is 54.8 Å². The van der Waals surface area contributed by atoms with Crippen LogP contribution in [-0.4, -0.2) is 32.0 Å². The largest absolute Gasteiger partial charge is 0.493 e. The first-order valence-electron chi connectivity index (χ1n) is 8.77. The van der Waals surface area contributed by atoms with Gasteiger partial charge < -0.3 is 18.9 Å². The summed E-state index contributed by atoms with van der Waals surface area (Å²) in [5, 5.41) is 3.96. The number of nitrogens with one attached hydrogen (secondary N) is 1. The number of carbonyl (C=O) groups excluding carboxylic acids is 2. The molecule has 1 aliphatic carbocycles. The van der Waals surface area contributed by atoms with Gasteiger partial charge in [0.2, 0.25) is 6.79 Å². The maximum atomic E-state index is 12.2. The van der Waals surface area contributed by atoms with Crippen LogP contribution in [-0.2, 0) is 4.79 Å². The monoisotopic (exact) mass is 382 g/mol. The number of hydrogen-bond acceptors (Lipinski definition) is 7. The summed E-state index contributed by atoms with van der Waals surface area (Å²) >= 11 is 0. The minimum absolute atomic E-state index is 0.00247. The van der Waals surface area contributed by atoms with Gasteiger partial charge in [0.05, 0.1) is 19.2 Å². The molecule has 0 aromatic heterocycles. The molecule has 0 radical (unpaired) electrons. The molecule has 0 bridgehead atoms. The van der Waals surface area contributed by atoms with Gasteiger partial charge in [-0.25, -0.2) is 5.43 Å². The van der Waals surface area contributed by atoms with Crippen molar-refractivity contribution in [2.75, 3.05) is 13.9 Å². The summed E-state index contributed by atoms with van der Waals surface area (Å²) in [6.07, 6.45) is 3.21. The number of ether oxygens (including phenoxy) is 4. The standard InChI is InChI=1S/C20H18N2O6/c1-25-17-8-12(2-6-16(17)28-20(24)13-3-4-13)10-21-22-19(23)14-5-7-15-18(9-14)27-11-26-15/h2,5-10,13H,3-4,11H2,1H3,(H,22,23)/b21-10-. The van der Waals surface area contributed by atoms with Gasteiger partial charge in [0.15, 0.2) is 23.0 Å². The first-order valence-corrected chi connectivity index (χ1v) is 8.77. The molecule has 0 unspecified atom stereocenters. The number of esters is 1. The number of hydrazone groups is 1. The number of nitrogens with zero attached hydrogens (tertiary/aromatic N) is 1. The Morgan fingerprint density at radius 1 is 1.11 bits per heavy atom. The molecule has 8 nitrogen and oxygen atoms in total. The fourth-order valence-corrected chi connectivity index (χ4v) is 2.63. The molecule has 2 aromatic carbocycles. The zero-order valence-corrected chi connectivity index (χ0v) is 15.1. The van der Waals surface area contributed by atoms with Crippen LogP contribution in [0.3, 0.4) is 0 Å². The Morgan fingerprint density at radius 3 is 2.71 bits per heavy atom. The molecule has 28 heavy (non-hydrogen) atoms. The average Bonchev–Trinajstić information content (AvgIpc) is 3.46. The molecule has 0 atom stereocenters. The van der Waals surface area contributed by atoms with E-state index in [1.165, 1.54) is 13.3 Å². The SMILES string of the molecule is COc1cc(/C=N\NC(=O)c2ccc3c(c2)OCO3)ccc1OC(=O)C1CC1. The zero-order chi connectivity index (χ0) is 19.5. The number of benzene rings is 2. The number of fused-ring (bicyclic) bond motifs is 1. The summed E-state index contributed by atoms with van der Waals surface area (Å²) in [5.74, 6) is 1.29. The van der Waals surface area contributed by atoms with E-state index in [1.54, 1.807) is 36.4 Å². The van der Waals surface area contributed by atoms with Crippen molar-refractivity contribution in [2.24, 2.45) is 11.0 Å². The molecule has 1 amide bonds. The summed E-state index contributed by atoms with van der Waals surface area (Å²) < 4.78 is 21.1. The lowest BCUT2D eigenvalue weighted by Crippen LogP contribution is -2.17. The molecule has 1 heterocycles. The Labute approximate surface area is 161 Å². The Morgan fingerprint density at radius 2 is 1.93 bits per heavy atom. The average molecular weight is 382 g/mol. The first-order chi connectivity index (χ1) is 13.6. The highest BCUT2D eigenvalue weighted by atomic mass is 16.7. The molecule has 1 saturated carbocycles. The maximum absolute atomic E-state index is 12.2. The van der Waals surface area contributed by atoms with Crippen molar-refractivity contribution in [3.8, 4) is 23.0 Å². The molecule has 144 valence electrons. The number of rotatable bonds is 6. The van der Waals surface area contributed by atoms with Gasteiger partial charge in [-0.3, -0.25) is 9.59 Å². The molecule has 2 aliphatic rings. The number of amides is 1. The smallest absolute Gasteiger partial charge is 0.314 e. The van der Waals surface area contributed by atoms with Gasteiger partial charge in [0.1, 0.15) is 0 Å². The van der Waals surface area contributed by atoms with Crippen LogP contribution in [0.2, 0.25) is 0 Å². The van der Waals surface area contributed by atoms with Crippen molar-refractivity contribution >= 4 is 18.1 Å². The molecule has 0 spiro atoms. The van der Waals surface area contributed by atoms with Crippen molar-refractivity contribution in [3.05, 3.63) is 47.5 Å². The van der Waals surface area contributed by atoms with E-state index in [0.717, 1.165) is 12.8 Å². The van der Waals surface area contributed by atoms with Crippen molar-refractivity contribution in [1.82, 2.24) is 5.43 Å². The second-order valence-electron chi connectivity index (χ2n) is 6.37. The van der Waals surface area contributed by atoms with Crippen LogP contribution < -0.4 is 24.4 Å². The summed E-state index contributed by atoms with van der Waals surface area (Å²) in [6, 6.07) is 9.93. The molecule has 4 rings (SSSR count). The Hall–Kier alpha value is -3.55. The topological polar surface area (TPSA) is 95.5 Å². The normalized spacial score (nSPS) is 14.8. The van der Waals surface area contributed by atoms with E-state index in [1.807, 2.05) is 0 Å². The van der Waals surface area contributed by atoms with Gasteiger partial charge in [0, 0.05) is 5.56 Å². The maximum Gasteiger partial charge on any atom is 0.314 e. The lowest BCUT2D eigenvalue weighted by Gasteiger charge is -2.09. The van der Waals surface area contributed by atoms with E-state index in [-0.39, 0.29) is 24.6 Å². The molecule has 1 fully saturated rings. The molecular formula is C20H18N2O6. The zero-order valence-electron chi connectivity index (χ0n) is 15.1. The van der Waals surface area contributed by atoms with Gasteiger partial charge in [-0.2, -0.15) is 5.10 Å². The van der Waals surface area contributed by atoms with E-state index >= 15 is 0 Å². The Bertz CT molecular complexity index is 952. The van der Waals surface area contributed by atoms with Crippen LogP contribution in [0.15, 0.2) is 41.5 Å². The van der Waals surface area contributed by atoms with Crippen LogP contribution >= 0.6 is 0 Å². The fourth-order valence-electron chi connectivity index (χ4n) is 2.63. The quantitative estimate of drug-likeness (QED) is 0.357. The minimum Gasteiger partial charge on any atom is -0.493 e. The van der Waals surface area contributed by atoms with Crippen LogP contribution in [0.5, 0.6) is 23.0 Å². The summed E-state index contributed by atoms with van der Waals surface area (Å²) in [6.45, 7) is 0.145. The van der Waals surface area contributed by atoms with Crippen LogP contribution in [0.1, 0.15) is 28.8 Å². The summed E-state index contributed by atoms with van der Waals surface area (Å²) in [5.41, 5.74) is 3.53. The van der Waals surface area contributed by atoms with E-state index < -0.39 is 0 Å². The molecule has 0 saturated heterocycles. The highest BCUT2D eigenvalue weighted by molar-refractivity contribution is 5.95. The third-order valence-electron chi connectivity index (χ3n) is 4.32. The van der Waals surface area contributed by atoms with E-state index in [4.69, 9.17) is 18.9 Å². The van der Waals surface area contributed by atoms with E-state index in [2.05, 4.69) is 10.5 Å². The lowest BCUT2D eigenvalue weighted by atomic mass is 10.2.